The highest BCUT2D eigenvalue weighted by Crippen LogP contribution is 2.14. The third kappa shape index (κ3) is 1.37. The second-order valence-electron chi connectivity index (χ2n) is 2.30. The maximum atomic E-state index is 8.49. The lowest BCUT2D eigenvalue weighted by atomic mass is 10.3. The summed E-state index contributed by atoms with van der Waals surface area (Å²) in [7, 11) is 0. The van der Waals surface area contributed by atoms with Gasteiger partial charge >= 0.3 is 0 Å². The van der Waals surface area contributed by atoms with Crippen LogP contribution in [0.1, 0.15) is 24.5 Å². The van der Waals surface area contributed by atoms with Gasteiger partial charge in [-0.3, -0.25) is 0 Å². The molecule has 0 aliphatic rings. The molecule has 1 aromatic heterocycles. The SMILES string of the molecule is Cc1ccc(C(C)NO)o1. The molecule has 1 unspecified atom stereocenters. The van der Waals surface area contributed by atoms with Crippen molar-refractivity contribution in [2.45, 2.75) is 19.9 Å². The van der Waals surface area contributed by atoms with Gasteiger partial charge in [0.1, 0.15) is 11.5 Å². The van der Waals surface area contributed by atoms with E-state index in [0.717, 1.165) is 11.5 Å². The van der Waals surface area contributed by atoms with E-state index in [1.54, 1.807) is 0 Å². The van der Waals surface area contributed by atoms with Crippen molar-refractivity contribution in [1.29, 1.82) is 0 Å². The zero-order chi connectivity index (χ0) is 7.56. The molecule has 2 N–H and O–H groups in total. The molecule has 0 aliphatic heterocycles. The number of rotatable bonds is 2. The van der Waals surface area contributed by atoms with Gasteiger partial charge in [-0.1, -0.05) is 0 Å². The van der Waals surface area contributed by atoms with E-state index in [1.165, 1.54) is 0 Å². The fraction of sp³-hybridized carbons (Fsp3) is 0.429. The molecule has 0 aromatic carbocycles. The van der Waals surface area contributed by atoms with E-state index in [9.17, 15) is 0 Å². The largest absolute Gasteiger partial charge is 0.465 e. The number of aryl methyl sites for hydroxylation is 1. The molecule has 3 heteroatoms. The van der Waals surface area contributed by atoms with Gasteiger partial charge in [-0.25, -0.2) is 0 Å². The van der Waals surface area contributed by atoms with Crippen LogP contribution in [0.25, 0.3) is 0 Å². The Balaban J connectivity index is 2.74. The van der Waals surface area contributed by atoms with Gasteiger partial charge in [0.15, 0.2) is 0 Å². The normalized spacial score (nSPS) is 13.5. The van der Waals surface area contributed by atoms with Crippen molar-refractivity contribution in [1.82, 2.24) is 5.48 Å². The van der Waals surface area contributed by atoms with Crippen LogP contribution in [0.3, 0.4) is 0 Å². The lowest BCUT2D eigenvalue weighted by Crippen LogP contribution is -2.11. The van der Waals surface area contributed by atoms with Crippen LogP contribution in [0.4, 0.5) is 0 Å². The molecule has 1 atom stereocenters. The molecule has 0 saturated heterocycles. The van der Waals surface area contributed by atoms with Crippen molar-refractivity contribution in [2.24, 2.45) is 0 Å². The third-order valence-corrected chi connectivity index (χ3v) is 1.38. The predicted molar refractivity (Wildman–Crippen MR) is 36.8 cm³/mol. The van der Waals surface area contributed by atoms with Gasteiger partial charge in [0.25, 0.3) is 0 Å². The van der Waals surface area contributed by atoms with Crippen LogP contribution in [0, 0.1) is 6.92 Å². The first-order chi connectivity index (χ1) is 4.74. The summed E-state index contributed by atoms with van der Waals surface area (Å²) in [6.07, 6.45) is 0. The zero-order valence-electron chi connectivity index (χ0n) is 6.09. The summed E-state index contributed by atoms with van der Waals surface area (Å²) in [5.41, 5.74) is 2.10. The fourth-order valence-electron chi connectivity index (χ4n) is 0.750. The van der Waals surface area contributed by atoms with E-state index >= 15 is 0 Å². The molecule has 1 heterocycles. The molecule has 0 bridgehead atoms. The Labute approximate surface area is 59.6 Å². The van der Waals surface area contributed by atoms with Gasteiger partial charge in [0.2, 0.25) is 0 Å². The maximum absolute atomic E-state index is 8.49. The first-order valence-corrected chi connectivity index (χ1v) is 3.20. The summed E-state index contributed by atoms with van der Waals surface area (Å²) in [6.45, 7) is 3.69. The number of nitrogens with one attached hydrogen (secondary N) is 1. The zero-order valence-corrected chi connectivity index (χ0v) is 6.09. The quantitative estimate of drug-likeness (QED) is 0.615. The molecule has 0 fully saturated rings. The molecule has 10 heavy (non-hydrogen) atoms. The summed E-state index contributed by atoms with van der Waals surface area (Å²) >= 11 is 0. The van der Waals surface area contributed by atoms with Crippen molar-refractivity contribution < 1.29 is 9.62 Å². The molecule has 0 spiro atoms. The van der Waals surface area contributed by atoms with E-state index in [4.69, 9.17) is 9.62 Å². The predicted octanol–water partition coefficient (Wildman–Crippen LogP) is 1.63. The van der Waals surface area contributed by atoms with E-state index in [1.807, 2.05) is 26.0 Å². The standard InChI is InChI=1S/C7H11NO2/c1-5-3-4-7(10-5)6(2)8-9/h3-4,6,8-9H,1-2H3. The summed E-state index contributed by atoms with van der Waals surface area (Å²) in [6, 6.07) is 3.57. The van der Waals surface area contributed by atoms with Gasteiger partial charge in [-0.05, 0) is 26.0 Å². The van der Waals surface area contributed by atoms with Gasteiger partial charge in [0.05, 0.1) is 6.04 Å². The first-order valence-electron chi connectivity index (χ1n) is 3.20. The lowest BCUT2D eigenvalue weighted by molar-refractivity contribution is 0.123. The smallest absolute Gasteiger partial charge is 0.123 e. The topological polar surface area (TPSA) is 45.4 Å². The molecular formula is C7H11NO2. The average Bonchev–Trinajstić information content (AvgIpc) is 2.34. The molecule has 0 saturated carbocycles. The molecule has 0 aliphatic carbocycles. The van der Waals surface area contributed by atoms with E-state index in [-0.39, 0.29) is 6.04 Å². The molecule has 1 rings (SSSR count). The Morgan fingerprint density at radius 1 is 1.60 bits per heavy atom. The van der Waals surface area contributed by atoms with Gasteiger partial charge in [-0.2, -0.15) is 5.48 Å². The second-order valence-corrected chi connectivity index (χ2v) is 2.30. The number of hydrogen-bond donors (Lipinski definition) is 2. The summed E-state index contributed by atoms with van der Waals surface area (Å²) in [5, 5.41) is 8.49. The Bertz CT molecular complexity index is 207. The Hall–Kier alpha value is -0.800. The van der Waals surface area contributed by atoms with E-state index in [0.29, 0.717) is 0 Å². The van der Waals surface area contributed by atoms with Crippen LogP contribution in [-0.2, 0) is 0 Å². The average molecular weight is 141 g/mol. The van der Waals surface area contributed by atoms with Crippen molar-refractivity contribution in [3.63, 3.8) is 0 Å². The van der Waals surface area contributed by atoms with Crippen LogP contribution in [0.15, 0.2) is 16.5 Å². The van der Waals surface area contributed by atoms with Crippen LogP contribution in [0.5, 0.6) is 0 Å². The molecule has 3 nitrogen and oxygen atoms in total. The summed E-state index contributed by atoms with van der Waals surface area (Å²) < 4.78 is 5.21. The molecule has 0 radical (unpaired) electrons. The molecule has 56 valence electrons. The minimum Gasteiger partial charge on any atom is -0.465 e. The maximum Gasteiger partial charge on any atom is 0.123 e. The van der Waals surface area contributed by atoms with Crippen molar-refractivity contribution in [3.05, 3.63) is 23.7 Å². The molecular weight excluding hydrogens is 130 g/mol. The highest BCUT2D eigenvalue weighted by atomic mass is 16.5. The summed E-state index contributed by atoms with van der Waals surface area (Å²) in [5.74, 6) is 1.61. The van der Waals surface area contributed by atoms with E-state index < -0.39 is 0 Å². The van der Waals surface area contributed by atoms with Crippen molar-refractivity contribution >= 4 is 0 Å². The van der Waals surface area contributed by atoms with Crippen molar-refractivity contribution in [3.8, 4) is 0 Å². The van der Waals surface area contributed by atoms with Crippen LogP contribution >= 0.6 is 0 Å². The van der Waals surface area contributed by atoms with Crippen molar-refractivity contribution in [2.75, 3.05) is 0 Å². The van der Waals surface area contributed by atoms with Gasteiger partial charge < -0.3 is 9.62 Å². The minimum atomic E-state index is -0.131. The Morgan fingerprint density at radius 3 is 2.70 bits per heavy atom. The highest BCUT2D eigenvalue weighted by Gasteiger charge is 2.05. The van der Waals surface area contributed by atoms with Crippen LogP contribution < -0.4 is 5.48 Å². The first kappa shape index (κ1) is 7.31. The number of furan rings is 1. The monoisotopic (exact) mass is 141 g/mol. The van der Waals surface area contributed by atoms with E-state index in [2.05, 4.69) is 5.48 Å². The number of hydrogen-bond acceptors (Lipinski definition) is 3. The Kier molecular flexibility index (Phi) is 2.09. The Morgan fingerprint density at radius 2 is 2.30 bits per heavy atom. The third-order valence-electron chi connectivity index (χ3n) is 1.38. The fourth-order valence-corrected chi connectivity index (χ4v) is 0.750. The summed E-state index contributed by atoms with van der Waals surface area (Å²) in [4.78, 5) is 0. The van der Waals surface area contributed by atoms with Gasteiger partial charge in [0, 0.05) is 0 Å². The number of hydroxylamine groups is 1. The molecule has 1 aromatic rings. The minimum absolute atomic E-state index is 0.131. The second kappa shape index (κ2) is 2.86. The van der Waals surface area contributed by atoms with Crippen LogP contribution in [0.2, 0.25) is 0 Å². The van der Waals surface area contributed by atoms with Crippen LogP contribution in [-0.4, -0.2) is 5.21 Å². The molecule has 0 amide bonds. The lowest BCUT2D eigenvalue weighted by Gasteiger charge is -2.03. The highest BCUT2D eigenvalue weighted by molar-refractivity contribution is 5.08. The van der Waals surface area contributed by atoms with Gasteiger partial charge in [-0.15, -0.1) is 0 Å².